The minimum absolute atomic E-state index is 0.0684. The highest BCUT2D eigenvalue weighted by Gasteiger charge is 2.11. The van der Waals surface area contributed by atoms with Crippen LogP contribution in [0.5, 0.6) is 0 Å². The van der Waals surface area contributed by atoms with Gasteiger partial charge in [0.1, 0.15) is 5.82 Å². The van der Waals surface area contributed by atoms with Crippen LogP contribution in [0.4, 0.5) is 10.1 Å². The first-order chi connectivity index (χ1) is 5.41. The summed E-state index contributed by atoms with van der Waals surface area (Å²) in [6.07, 6.45) is 0.984. The fraction of sp³-hybridized carbons (Fsp3) is 0.143. The van der Waals surface area contributed by atoms with Crippen LogP contribution >= 0.6 is 0 Å². The zero-order valence-corrected chi connectivity index (χ0v) is 7.23. The van der Waals surface area contributed by atoms with Crippen molar-refractivity contribution in [1.29, 1.82) is 0 Å². The molecule has 0 spiro atoms. The van der Waals surface area contributed by atoms with E-state index in [2.05, 4.69) is 0 Å². The Kier molecular flexibility index (Phi) is 2.06. The van der Waals surface area contributed by atoms with Crippen molar-refractivity contribution in [3.05, 3.63) is 24.0 Å². The second-order valence-electron chi connectivity index (χ2n) is 2.45. The van der Waals surface area contributed by atoms with Gasteiger partial charge in [-0.25, -0.2) is 12.8 Å². The molecule has 0 aromatic heterocycles. The molecule has 0 bridgehead atoms. The van der Waals surface area contributed by atoms with Gasteiger partial charge in [-0.1, -0.05) is 0 Å². The Labute approximate surface area is 69.9 Å². The summed E-state index contributed by atoms with van der Waals surface area (Å²) in [5.74, 6) is -0.607. The van der Waals surface area contributed by atoms with Gasteiger partial charge in [0.15, 0.2) is 9.84 Å². The smallest absolute Gasteiger partial charge is 0.177 e. The van der Waals surface area contributed by atoms with Crippen LogP contribution in [-0.4, -0.2) is 14.7 Å². The molecule has 0 saturated heterocycles. The number of hydrogen-bond donors (Lipinski definition) is 1. The summed E-state index contributed by atoms with van der Waals surface area (Å²) in [5, 5.41) is 0. The highest BCUT2D eigenvalue weighted by molar-refractivity contribution is 7.90. The molecule has 0 radical (unpaired) electrons. The van der Waals surface area contributed by atoms with E-state index in [4.69, 9.17) is 5.73 Å². The van der Waals surface area contributed by atoms with Gasteiger partial charge in [-0.15, -0.1) is 0 Å². The fourth-order valence-electron chi connectivity index (χ4n) is 0.829. The number of anilines is 1. The van der Waals surface area contributed by atoms with Crippen molar-refractivity contribution in [1.82, 2.24) is 0 Å². The number of nitrogens with two attached hydrogens (primary N) is 1. The third kappa shape index (κ3) is 1.73. The molecule has 12 heavy (non-hydrogen) atoms. The maximum absolute atomic E-state index is 12.6. The minimum Gasteiger partial charge on any atom is -0.398 e. The molecule has 0 unspecified atom stereocenters. The summed E-state index contributed by atoms with van der Waals surface area (Å²) in [6.45, 7) is 0. The van der Waals surface area contributed by atoms with Crippen LogP contribution in [0, 0.1) is 5.82 Å². The molecular formula is C7H8FNO2S. The van der Waals surface area contributed by atoms with Gasteiger partial charge in [-0.2, -0.15) is 0 Å². The average molecular weight is 189 g/mol. The van der Waals surface area contributed by atoms with E-state index in [9.17, 15) is 12.8 Å². The van der Waals surface area contributed by atoms with E-state index < -0.39 is 15.7 Å². The molecule has 0 amide bonds. The molecule has 0 saturated carbocycles. The lowest BCUT2D eigenvalue weighted by molar-refractivity contribution is 0.596. The van der Waals surface area contributed by atoms with Crippen molar-refractivity contribution < 1.29 is 12.8 Å². The lowest BCUT2D eigenvalue weighted by Gasteiger charge is -2.01. The molecule has 1 aromatic carbocycles. The van der Waals surface area contributed by atoms with E-state index in [1.807, 2.05) is 0 Å². The van der Waals surface area contributed by atoms with Crippen LogP contribution in [0.2, 0.25) is 0 Å². The standard InChI is InChI=1S/C7H8FNO2S/c1-12(10,11)7-4-5(8)2-3-6(7)9/h2-4H,9H2,1H3. The van der Waals surface area contributed by atoms with Crippen LogP contribution < -0.4 is 5.73 Å². The van der Waals surface area contributed by atoms with Crippen LogP contribution in [-0.2, 0) is 9.84 Å². The second-order valence-corrected chi connectivity index (χ2v) is 4.44. The molecule has 0 fully saturated rings. The Morgan fingerprint density at radius 1 is 1.42 bits per heavy atom. The molecule has 2 N–H and O–H groups in total. The van der Waals surface area contributed by atoms with E-state index in [0.29, 0.717) is 0 Å². The highest BCUT2D eigenvalue weighted by atomic mass is 32.2. The summed E-state index contributed by atoms with van der Waals surface area (Å²) in [6, 6.07) is 3.25. The first-order valence-corrected chi connectivity index (χ1v) is 5.05. The molecule has 3 nitrogen and oxygen atoms in total. The van der Waals surface area contributed by atoms with E-state index >= 15 is 0 Å². The van der Waals surface area contributed by atoms with E-state index in [-0.39, 0.29) is 10.6 Å². The minimum atomic E-state index is -3.42. The van der Waals surface area contributed by atoms with E-state index in [0.717, 1.165) is 18.4 Å². The molecule has 1 rings (SSSR count). The van der Waals surface area contributed by atoms with E-state index in [1.54, 1.807) is 0 Å². The molecule has 0 aliphatic rings. The molecule has 0 aliphatic heterocycles. The third-order valence-electron chi connectivity index (χ3n) is 1.38. The summed E-state index contributed by atoms with van der Waals surface area (Å²) < 4.78 is 34.5. The molecule has 0 heterocycles. The van der Waals surface area contributed by atoms with Gasteiger partial charge in [0, 0.05) is 6.26 Å². The number of rotatable bonds is 1. The van der Waals surface area contributed by atoms with Gasteiger partial charge in [0.25, 0.3) is 0 Å². The molecule has 5 heteroatoms. The maximum atomic E-state index is 12.6. The zero-order chi connectivity index (χ0) is 9.35. The Bertz CT molecular complexity index is 400. The summed E-state index contributed by atoms with van der Waals surface area (Å²) in [7, 11) is -3.42. The average Bonchev–Trinajstić information content (AvgIpc) is 1.92. The third-order valence-corrected chi connectivity index (χ3v) is 2.53. The first kappa shape index (κ1) is 8.99. The summed E-state index contributed by atoms with van der Waals surface area (Å²) in [4.78, 5) is -0.164. The topological polar surface area (TPSA) is 60.2 Å². The fourth-order valence-corrected chi connectivity index (χ4v) is 1.65. The van der Waals surface area contributed by atoms with Crippen LogP contribution in [0.15, 0.2) is 23.1 Å². The Hall–Kier alpha value is -1.10. The molecule has 0 aliphatic carbocycles. The van der Waals surface area contributed by atoms with Crippen LogP contribution in [0.1, 0.15) is 0 Å². The predicted octanol–water partition coefficient (Wildman–Crippen LogP) is 0.811. The molecule has 0 atom stereocenters. The molecular weight excluding hydrogens is 181 g/mol. The van der Waals surface area contributed by atoms with Gasteiger partial charge in [0.2, 0.25) is 0 Å². The number of nitrogen functional groups attached to an aromatic ring is 1. The van der Waals surface area contributed by atoms with Crippen molar-refractivity contribution in [3.63, 3.8) is 0 Å². The number of hydrogen-bond acceptors (Lipinski definition) is 3. The van der Waals surface area contributed by atoms with Gasteiger partial charge in [0.05, 0.1) is 10.6 Å². The van der Waals surface area contributed by atoms with Gasteiger partial charge >= 0.3 is 0 Å². The van der Waals surface area contributed by atoms with Crippen molar-refractivity contribution in [2.24, 2.45) is 0 Å². The monoisotopic (exact) mass is 189 g/mol. The Balaban J connectivity index is 3.43. The van der Waals surface area contributed by atoms with E-state index in [1.165, 1.54) is 6.07 Å². The number of sulfone groups is 1. The first-order valence-electron chi connectivity index (χ1n) is 3.16. The van der Waals surface area contributed by atoms with Gasteiger partial charge in [-0.05, 0) is 18.2 Å². The van der Waals surface area contributed by atoms with Crippen molar-refractivity contribution in [3.8, 4) is 0 Å². The lowest BCUT2D eigenvalue weighted by atomic mass is 10.3. The predicted molar refractivity (Wildman–Crippen MR) is 43.9 cm³/mol. The lowest BCUT2D eigenvalue weighted by Crippen LogP contribution is -2.02. The Morgan fingerprint density at radius 2 is 2.00 bits per heavy atom. The number of benzene rings is 1. The number of halogens is 1. The van der Waals surface area contributed by atoms with Crippen LogP contribution in [0.25, 0.3) is 0 Å². The normalized spacial score (nSPS) is 11.5. The van der Waals surface area contributed by atoms with Crippen molar-refractivity contribution in [2.45, 2.75) is 4.90 Å². The van der Waals surface area contributed by atoms with Crippen molar-refractivity contribution in [2.75, 3.05) is 12.0 Å². The zero-order valence-electron chi connectivity index (χ0n) is 6.41. The largest absolute Gasteiger partial charge is 0.398 e. The SMILES string of the molecule is CS(=O)(=O)c1cc(F)ccc1N. The maximum Gasteiger partial charge on any atom is 0.177 e. The summed E-state index contributed by atoms with van der Waals surface area (Å²) in [5.41, 5.74) is 5.40. The Morgan fingerprint density at radius 3 is 2.42 bits per heavy atom. The van der Waals surface area contributed by atoms with Gasteiger partial charge < -0.3 is 5.73 Å². The quantitative estimate of drug-likeness (QED) is 0.665. The van der Waals surface area contributed by atoms with Crippen LogP contribution in [0.3, 0.4) is 0 Å². The summed E-state index contributed by atoms with van der Waals surface area (Å²) >= 11 is 0. The molecule has 66 valence electrons. The van der Waals surface area contributed by atoms with Crippen molar-refractivity contribution >= 4 is 15.5 Å². The second kappa shape index (κ2) is 2.75. The molecule has 1 aromatic rings. The van der Waals surface area contributed by atoms with Gasteiger partial charge in [-0.3, -0.25) is 0 Å². The highest BCUT2D eigenvalue weighted by Crippen LogP contribution is 2.18.